The van der Waals surface area contributed by atoms with E-state index in [1.807, 2.05) is 73.9 Å². The molecule has 0 amide bonds. The predicted molar refractivity (Wildman–Crippen MR) is 128 cm³/mol. The van der Waals surface area contributed by atoms with Crippen LogP contribution in [0.1, 0.15) is 50.4 Å². The normalized spacial score (nSPS) is 23.0. The van der Waals surface area contributed by atoms with Crippen LogP contribution in [0.25, 0.3) is 10.9 Å². The molecule has 2 aromatic carbocycles. The number of hydrogen-bond acceptors (Lipinski definition) is 4. The lowest BCUT2D eigenvalue weighted by Gasteiger charge is -2.32. The van der Waals surface area contributed by atoms with Gasteiger partial charge >= 0.3 is 5.97 Å². The molecule has 1 N–H and O–H groups in total. The SMILES string of the molecule is CN(C)CCc1c2n(c3ccccc13)[C@](C)(O)[C@@H](C(=O)OC(C)(C)C)[C@H]2c1ccccc1. The number of carbonyl (C=O) groups excluding carboxylic acids is 1. The molecule has 5 nitrogen and oxygen atoms in total. The molecule has 1 aliphatic heterocycles. The summed E-state index contributed by atoms with van der Waals surface area (Å²) in [6, 6.07) is 18.2. The maximum absolute atomic E-state index is 13.5. The second-order valence-corrected chi connectivity index (χ2v) is 10.3. The quantitative estimate of drug-likeness (QED) is 0.600. The van der Waals surface area contributed by atoms with Crippen LogP contribution in [0.4, 0.5) is 0 Å². The van der Waals surface area contributed by atoms with Gasteiger partial charge in [-0.25, -0.2) is 0 Å². The zero-order valence-corrected chi connectivity index (χ0v) is 19.9. The number of aromatic nitrogens is 1. The molecule has 5 heteroatoms. The molecule has 0 radical (unpaired) electrons. The largest absolute Gasteiger partial charge is 0.460 e. The summed E-state index contributed by atoms with van der Waals surface area (Å²) in [6.07, 6.45) is 0.830. The Morgan fingerprint density at radius 2 is 1.72 bits per heavy atom. The fourth-order valence-corrected chi connectivity index (χ4v) is 5.09. The van der Waals surface area contributed by atoms with Crippen LogP contribution in [0.2, 0.25) is 0 Å². The number of ether oxygens (including phenoxy) is 1. The molecule has 0 bridgehead atoms. The lowest BCUT2D eigenvalue weighted by atomic mass is 9.79. The van der Waals surface area contributed by atoms with E-state index in [0.717, 1.165) is 35.1 Å². The van der Waals surface area contributed by atoms with Crippen molar-refractivity contribution in [1.29, 1.82) is 0 Å². The lowest BCUT2D eigenvalue weighted by Crippen LogP contribution is -2.42. The topological polar surface area (TPSA) is 54.7 Å². The Morgan fingerprint density at radius 1 is 1.09 bits per heavy atom. The van der Waals surface area contributed by atoms with Crippen LogP contribution >= 0.6 is 0 Å². The van der Waals surface area contributed by atoms with Gasteiger partial charge in [-0.15, -0.1) is 0 Å². The van der Waals surface area contributed by atoms with Crippen molar-refractivity contribution in [2.45, 2.75) is 51.4 Å². The molecule has 0 aliphatic carbocycles. The summed E-state index contributed by atoms with van der Waals surface area (Å²) in [5, 5.41) is 13.1. The summed E-state index contributed by atoms with van der Waals surface area (Å²) < 4.78 is 7.82. The minimum atomic E-state index is -1.42. The molecule has 0 saturated carbocycles. The Hall–Kier alpha value is -2.63. The number of rotatable bonds is 5. The minimum Gasteiger partial charge on any atom is -0.460 e. The Labute approximate surface area is 190 Å². The summed E-state index contributed by atoms with van der Waals surface area (Å²) >= 11 is 0. The number of fused-ring (bicyclic) bond motifs is 3. The fourth-order valence-electron chi connectivity index (χ4n) is 5.09. The zero-order chi connectivity index (χ0) is 23.3. The van der Waals surface area contributed by atoms with E-state index in [0.29, 0.717) is 0 Å². The molecule has 2 heterocycles. The molecule has 0 saturated heterocycles. The third kappa shape index (κ3) is 3.84. The summed E-state index contributed by atoms with van der Waals surface area (Å²) in [5.74, 6) is -1.42. The molecular weight excluding hydrogens is 400 g/mol. The Morgan fingerprint density at radius 3 is 2.34 bits per heavy atom. The number of hydrogen-bond donors (Lipinski definition) is 1. The van der Waals surface area contributed by atoms with Gasteiger partial charge in [-0.3, -0.25) is 4.79 Å². The third-order valence-corrected chi connectivity index (χ3v) is 6.32. The lowest BCUT2D eigenvalue weighted by molar-refractivity contribution is -0.173. The second-order valence-electron chi connectivity index (χ2n) is 10.3. The molecule has 32 heavy (non-hydrogen) atoms. The second kappa shape index (κ2) is 8.05. The van der Waals surface area contributed by atoms with E-state index in [1.54, 1.807) is 6.92 Å². The van der Waals surface area contributed by atoms with Crippen molar-refractivity contribution in [1.82, 2.24) is 9.47 Å². The Kier molecular flexibility index (Phi) is 5.68. The van der Waals surface area contributed by atoms with Gasteiger partial charge < -0.3 is 19.3 Å². The van der Waals surface area contributed by atoms with Crippen LogP contribution in [0.3, 0.4) is 0 Å². The average Bonchev–Trinajstić information content (AvgIpc) is 3.16. The van der Waals surface area contributed by atoms with Crippen molar-refractivity contribution in [3.8, 4) is 0 Å². The highest BCUT2D eigenvalue weighted by molar-refractivity contribution is 5.89. The number of esters is 1. The van der Waals surface area contributed by atoms with E-state index in [1.165, 1.54) is 5.56 Å². The number of nitrogens with zero attached hydrogens (tertiary/aromatic N) is 2. The van der Waals surface area contributed by atoms with Crippen molar-refractivity contribution in [3.05, 3.63) is 71.4 Å². The van der Waals surface area contributed by atoms with Crippen molar-refractivity contribution in [2.24, 2.45) is 5.92 Å². The summed E-state index contributed by atoms with van der Waals surface area (Å²) in [6.45, 7) is 8.22. The van der Waals surface area contributed by atoms with Gasteiger partial charge in [0.25, 0.3) is 0 Å². The first-order valence-corrected chi connectivity index (χ1v) is 11.3. The first kappa shape index (κ1) is 22.6. The van der Waals surface area contributed by atoms with Gasteiger partial charge in [0.2, 0.25) is 0 Å². The van der Waals surface area contributed by atoms with Gasteiger partial charge in [-0.05, 0) is 65.4 Å². The maximum Gasteiger partial charge on any atom is 0.315 e. The molecule has 3 aromatic rings. The molecule has 1 aromatic heterocycles. The number of para-hydroxylation sites is 1. The summed E-state index contributed by atoms with van der Waals surface area (Å²) in [4.78, 5) is 15.7. The van der Waals surface area contributed by atoms with Crippen molar-refractivity contribution in [2.75, 3.05) is 20.6 Å². The van der Waals surface area contributed by atoms with E-state index in [4.69, 9.17) is 4.74 Å². The highest BCUT2D eigenvalue weighted by Gasteiger charge is 2.55. The number of carbonyl (C=O) groups is 1. The molecule has 0 unspecified atom stereocenters. The van der Waals surface area contributed by atoms with Gasteiger partial charge in [0, 0.05) is 23.5 Å². The molecule has 170 valence electrons. The summed E-state index contributed by atoms with van der Waals surface area (Å²) in [7, 11) is 4.12. The smallest absolute Gasteiger partial charge is 0.315 e. The standard InChI is InChI=1S/C27H34N2O3/c1-26(2,3)32-25(30)23-22(18-12-8-7-9-13-18)24-20(16-17-28(5)6)19-14-10-11-15-21(19)29(24)27(23,4)31/h7-15,22-23,31H,16-17H2,1-6H3/t22-,23-,27-/m1/s1. The van der Waals surface area contributed by atoms with Crippen LogP contribution in [0.5, 0.6) is 0 Å². The fraction of sp³-hybridized carbons (Fsp3) is 0.444. The molecule has 1 aliphatic rings. The van der Waals surface area contributed by atoms with Crippen LogP contribution in [0.15, 0.2) is 54.6 Å². The first-order chi connectivity index (χ1) is 15.0. The molecular formula is C27H34N2O3. The van der Waals surface area contributed by atoms with E-state index in [-0.39, 0.29) is 11.9 Å². The highest BCUT2D eigenvalue weighted by atomic mass is 16.6. The van der Waals surface area contributed by atoms with E-state index in [2.05, 4.69) is 25.1 Å². The minimum absolute atomic E-state index is 0.300. The predicted octanol–water partition coefficient (Wildman–Crippen LogP) is 4.51. The van der Waals surface area contributed by atoms with Crippen LogP contribution < -0.4 is 0 Å². The number of benzene rings is 2. The Bertz CT molecular complexity index is 1120. The highest BCUT2D eigenvalue weighted by Crippen LogP contribution is 2.53. The van der Waals surface area contributed by atoms with Crippen molar-refractivity contribution < 1.29 is 14.6 Å². The zero-order valence-electron chi connectivity index (χ0n) is 19.9. The van der Waals surface area contributed by atoms with Crippen molar-refractivity contribution >= 4 is 16.9 Å². The van der Waals surface area contributed by atoms with Gasteiger partial charge in [0.05, 0.1) is 5.52 Å². The number of likely N-dealkylation sites (N-methyl/N-ethyl adjacent to an activating group) is 1. The Balaban J connectivity index is 1.98. The van der Waals surface area contributed by atoms with Gasteiger partial charge in [0.15, 0.2) is 5.72 Å². The maximum atomic E-state index is 13.5. The van der Waals surface area contributed by atoms with Gasteiger partial charge in [-0.2, -0.15) is 0 Å². The molecule has 4 rings (SSSR count). The first-order valence-electron chi connectivity index (χ1n) is 11.3. The molecule has 0 fully saturated rings. The monoisotopic (exact) mass is 434 g/mol. The van der Waals surface area contributed by atoms with E-state index < -0.39 is 17.2 Å². The molecule has 0 spiro atoms. The number of aliphatic hydroxyl groups is 1. The van der Waals surface area contributed by atoms with E-state index >= 15 is 0 Å². The van der Waals surface area contributed by atoms with Crippen LogP contribution in [-0.2, 0) is 21.7 Å². The average molecular weight is 435 g/mol. The van der Waals surface area contributed by atoms with Crippen molar-refractivity contribution in [3.63, 3.8) is 0 Å². The van der Waals surface area contributed by atoms with Crippen LogP contribution in [0, 0.1) is 5.92 Å². The van der Waals surface area contributed by atoms with Crippen LogP contribution in [-0.4, -0.2) is 46.8 Å². The summed E-state index contributed by atoms with van der Waals surface area (Å²) in [5.41, 5.74) is 2.11. The van der Waals surface area contributed by atoms with Gasteiger partial charge in [-0.1, -0.05) is 48.5 Å². The third-order valence-electron chi connectivity index (χ3n) is 6.32. The molecule has 3 atom stereocenters. The van der Waals surface area contributed by atoms with E-state index in [9.17, 15) is 9.90 Å². The van der Waals surface area contributed by atoms with Gasteiger partial charge in [0.1, 0.15) is 11.5 Å².